The summed E-state index contributed by atoms with van der Waals surface area (Å²) < 4.78 is 10.7. The maximum atomic E-state index is 6.01. The lowest BCUT2D eigenvalue weighted by molar-refractivity contribution is -0.0380. The van der Waals surface area contributed by atoms with Gasteiger partial charge in [-0.3, -0.25) is 4.90 Å². The van der Waals surface area contributed by atoms with Crippen LogP contribution in [0.25, 0.3) is 0 Å². The first-order valence-electron chi connectivity index (χ1n) is 6.59. The van der Waals surface area contributed by atoms with E-state index in [4.69, 9.17) is 20.9 Å². The van der Waals surface area contributed by atoms with Gasteiger partial charge >= 0.3 is 0 Å². The van der Waals surface area contributed by atoms with Crippen molar-refractivity contribution in [3.8, 4) is 0 Å². The maximum absolute atomic E-state index is 6.01. The minimum absolute atomic E-state index is 0.125. The molecule has 106 valence electrons. The van der Waals surface area contributed by atoms with E-state index in [0.717, 1.165) is 24.7 Å². The molecule has 0 aliphatic carbocycles. The molecule has 1 aliphatic heterocycles. The third-order valence-electron chi connectivity index (χ3n) is 3.28. The number of aryl methyl sites for hydroxylation is 1. The van der Waals surface area contributed by atoms with Crippen molar-refractivity contribution in [2.75, 3.05) is 19.7 Å². The van der Waals surface area contributed by atoms with Crippen LogP contribution in [-0.2, 0) is 11.3 Å². The van der Waals surface area contributed by atoms with Gasteiger partial charge in [0.05, 0.1) is 6.61 Å². The Kier molecular flexibility index (Phi) is 4.00. The topological polar surface area (TPSA) is 51.4 Å². The van der Waals surface area contributed by atoms with Crippen molar-refractivity contribution >= 4 is 11.6 Å². The van der Waals surface area contributed by atoms with Gasteiger partial charge in [0.1, 0.15) is 6.10 Å². The Morgan fingerprint density at radius 2 is 2.35 bits per heavy atom. The fraction of sp³-hybridized carbons (Fsp3) is 0.429. The van der Waals surface area contributed by atoms with E-state index in [-0.39, 0.29) is 6.10 Å². The standard InChI is InChI=1S/C14H16ClN3O2/c1-10-16-14(17-20-10)13-9-18(5-6-19-13)8-11-3-2-4-12(15)7-11/h2-4,7,13H,5-6,8-9H2,1H3/t13-/m0/s1. The molecule has 0 amide bonds. The van der Waals surface area contributed by atoms with E-state index in [0.29, 0.717) is 18.3 Å². The summed E-state index contributed by atoms with van der Waals surface area (Å²) in [5, 5.41) is 4.70. The van der Waals surface area contributed by atoms with E-state index in [2.05, 4.69) is 21.1 Å². The van der Waals surface area contributed by atoms with Crippen molar-refractivity contribution in [3.63, 3.8) is 0 Å². The van der Waals surface area contributed by atoms with Gasteiger partial charge in [0.15, 0.2) is 0 Å². The SMILES string of the molecule is Cc1nc([C@@H]2CN(Cc3cccc(Cl)c3)CCO2)no1. The number of hydrogen-bond acceptors (Lipinski definition) is 5. The van der Waals surface area contributed by atoms with Crippen LogP contribution in [0.2, 0.25) is 5.02 Å². The zero-order valence-electron chi connectivity index (χ0n) is 11.3. The molecule has 0 N–H and O–H groups in total. The van der Waals surface area contributed by atoms with E-state index in [1.807, 2.05) is 18.2 Å². The molecule has 1 aliphatic rings. The minimum atomic E-state index is -0.125. The Morgan fingerprint density at radius 3 is 3.10 bits per heavy atom. The average Bonchev–Trinajstić information content (AvgIpc) is 2.86. The van der Waals surface area contributed by atoms with Crippen LogP contribution in [0.4, 0.5) is 0 Å². The van der Waals surface area contributed by atoms with Crippen LogP contribution >= 0.6 is 11.6 Å². The molecule has 3 rings (SSSR count). The summed E-state index contributed by atoms with van der Waals surface area (Å²) in [5.41, 5.74) is 1.20. The summed E-state index contributed by atoms with van der Waals surface area (Å²) in [4.78, 5) is 6.55. The highest BCUT2D eigenvalue weighted by Crippen LogP contribution is 2.21. The molecule has 1 atom stereocenters. The minimum Gasteiger partial charge on any atom is -0.367 e. The van der Waals surface area contributed by atoms with Gasteiger partial charge in [0.2, 0.25) is 11.7 Å². The van der Waals surface area contributed by atoms with Gasteiger partial charge in [-0.05, 0) is 17.7 Å². The number of halogens is 1. The van der Waals surface area contributed by atoms with Crippen LogP contribution < -0.4 is 0 Å². The first kappa shape index (κ1) is 13.5. The lowest BCUT2D eigenvalue weighted by atomic mass is 10.2. The molecule has 1 aromatic carbocycles. The Bertz CT molecular complexity index is 587. The number of ether oxygens (including phenoxy) is 1. The van der Waals surface area contributed by atoms with Crippen molar-refractivity contribution in [2.24, 2.45) is 0 Å². The molecular weight excluding hydrogens is 278 g/mol. The maximum Gasteiger partial charge on any atom is 0.223 e. The molecule has 0 radical (unpaired) electrons. The second-order valence-electron chi connectivity index (χ2n) is 4.90. The first-order valence-corrected chi connectivity index (χ1v) is 6.97. The highest BCUT2D eigenvalue weighted by molar-refractivity contribution is 6.30. The Labute approximate surface area is 122 Å². The Balaban J connectivity index is 1.66. The molecule has 1 aromatic heterocycles. The Hall–Kier alpha value is -1.43. The van der Waals surface area contributed by atoms with E-state index in [9.17, 15) is 0 Å². The fourth-order valence-electron chi connectivity index (χ4n) is 2.34. The van der Waals surface area contributed by atoms with Crippen molar-refractivity contribution in [2.45, 2.75) is 19.6 Å². The summed E-state index contributed by atoms with van der Waals surface area (Å²) >= 11 is 6.01. The number of rotatable bonds is 3. The van der Waals surface area contributed by atoms with Crippen molar-refractivity contribution in [1.82, 2.24) is 15.0 Å². The van der Waals surface area contributed by atoms with E-state index < -0.39 is 0 Å². The predicted molar refractivity (Wildman–Crippen MR) is 74.5 cm³/mol. The number of nitrogens with zero attached hydrogens (tertiary/aromatic N) is 3. The van der Waals surface area contributed by atoms with Gasteiger partial charge in [-0.2, -0.15) is 4.98 Å². The fourth-order valence-corrected chi connectivity index (χ4v) is 2.55. The molecule has 6 heteroatoms. The van der Waals surface area contributed by atoms with Crippen LogP contribution in [-0.4, -0.2) is 34.7 Å². The summed E-state index contributed by atoms with van der Waals surface area (Å²) in [7, 11) is 0. The molecular formula is C14H16ClN3O2. The van der Waals surface area contributed by atoms with Gasteiger partial charge in [0, 0.05) is 31.6 Å². The monoisotopic (exact) mass is 293 g/mol. The lowest BCUT2D eigenvalue weighted by Gasteiger charge is -2.31. The van der Waals surface area contributed by atoms with Crippen molar-refractivity contribution < 1.29 is 9.26 Å². The molecule has 1 fully saturated rings. The third kappa shape index (κ3) is 3.17. The number of benzene rings is 1. The van der Waals surface area contributed by atoms with Crippen LogP contribution in [0.3, 0.4) is 0 Å². The molecule has 1 saturated heterocycles. The zero-order valence-corrected chi connectivity index (χ0v) is 12.0. The quantitative estimate of drug-likeness (QED) is 0.870. The summed E-state index contributed by atoms with van der Waals surface area (Å²) in [6, 6.07) is 7.92. The van der Waals surface area contributed by atoms with Crippen LogP contribution in [0.1, 0.15) is 23.4 Å². The molecule has 5 nitrogen and oxygen atoms in total. The smallest absolute Gasteiger partial charge is 0.223 e. The lowest BCUT2D eigenvalue weighted by Crippen LogP contribution is -2.38. The molecule has 2 aromatic rings. The van der Waals surface area contributed by atoms with Gasteiger partial charge < -0.3 is 9.26 Å². The van der Waals surface area contributed by atoms with Crippen LogP contribution in [0.5, 0.6) is 0 Å². The zero-order chi connectivity index (χ0) is 13.9. The van der Waals surface area contributed by atoms with Gasteiger partial charge in [-0.25, -0.2) is 0 Å². The number of aromatic nitrogens is 2. The van der Waals surface area contributed by atoms with Crippen molar-refractivity contribution in [1.29, 1.82) is 0 Å². The second-order valence-corrected chi connectivity index (χ2v) is 5.33. The highest BCUT2D eigenvalue weighted by atomic mass is 35.5. The third-order valence-corrected chi connectivity index (χ3v) is 3.51. The normalized spacial score (nSPS) is 20.2. The molecule has 20 heavy (non-hydrogen) atoms. The summed E-state index contributed by atoms with van der Waals surface area (Å²) in [5.74, 6) is 1.19. The first-order chi connectivity index (χ1) is 9.70. The molecule has 0 saturated carbocycles. The average molecular weight is 294 g/mol. The molecule has 2 heterocycles. The van der Waals surface area contributed by atoms with Crippen molar-refractivity contribution in [3.05, 3.63) is 46.6 Å². The van der Waals surface area contributed by atoms with Gasteiger partial charge in [0.25, 0.3) is 0 Å². The van der Waals surface area contributed by atoms with E-state index >= 15 is 0 Å². The van der Waals surface area contributed by atoms with Crippen LogP contribution in [0.15, 0.2) is 28.8 Å². The summed E-state index contributed by atoms with van der Waals surface area (Å²) in [6.07, 6.45) is -0.125. The van der Waals surface area contributed by atoms with Gasteiger partial charge in [-0.1, -0.05) is 28.9 Å². The Morgan fingerprint density at radius 1 is 1.45 bits per heavy atom. The predicted octanol–water partition coefficient (Wildman–Crippen LogP) is 2.60. The number of hydrogen-bond donors (Lipinski definition) is 0. The molecule has 0 bridgehead atoms. The largest absolute Gasteiger partial charge is 0.367 e. The second kappa shape index (κ2) is 5.91. The van der Waals surface area contributed by atoms with Gasteiger partial charge in [-0.15, -0.1) is 0 Å². The highest BCUT2D eigenvalue weighted by Gasteiger charge is 2.25. The summed E-state index contributed by atoms with van der Waals surface area (Å²) in [6.45, 7) is 4.93. The van der Waals surface area contributed by atoms with E-state index in [1.165, 1.54) is 5.56 Å². The van der Waals surface area contributed by atoms with Crippen LogP contribution in [0, 0.1) is 6.92 Å². The molecule has 0 unspecified atom stereocenters. The number of morpholine rings is 1. The van der Waals surface area contributed by atoms with E-state index in [1.54, 1.807) is 6.92 Å². The molecule has 0 spiro atoms.